The van der Waals surface area contributed by atoms with Crippen molar-refractivity contribution in [3.05, 3.63) is 11.0 Å². The average molecular weight is 290 g/mol. The molecular formula is C9H10N2O3S3. The number of carbonyl (C=O) groups excluding carboxylic acids is 1. The van der Waals surface area contributed by atoms with E-state index >= 15 is 0 Å². The van der Waals surface area contributed by atoms with E-state index in [1.807, 2.05) is 0 Å². The summed E-state index contributed by atoms with van der Waals surface area (Å²) in [5.41, 5.74) is 5.34. The third kappa shape index (κ3) is 2.43. The standard InChI is InChI=1S/C9H10N2O3S3/c10-9(15)16-2-1-4-7(8(13)14)11-5(12)3-6(11)17-4/h1,6-7H,2-3H2,(H2,10,15)(H,13,14)/t6-,7?/m1/s1. The van der Waals surface area contributed by atoms with Crippen molar-refractivity contribution < 1.29 is 14.7 Å². The van der Waals surface area contributed by atoms with Crippen LogP contribution in [0.4, 0.5) is 0 Å². The average Bonchev–Trinajstić information content (AvgIpc) is 2.50. The summed E-state index contributed by atoms with van der Waals surface area (Å²) in [7, 11) is 0. The molecule has 92 valence electrons. The Bertz CT molecular complexity index is 424. The van der Waals surface area contributed by atoms with Crippen molar-refractivity contribution in [3.8, 4) is 0 Å². The molecule has 2 aliphatic heterocycles. The van der Waals surface area contributed by atoms with Crippen molar-refractivity contribution in [1.82, 2.24) is 4.90 Å². The van der Waals surface area contributed by atoms with Crippen LogP contribution in [0.2, 0.25) is 0 Å². The number of thioether (sulfide) groups is 2. The summed E-state index contributed by atoms with van der Waals surface area (Å²) >= 11 is 7.44. The van der Waals surface area contributed by atoms with Crippen molar-refractivity contribution in [1.29, 1.82) is 0 Å². The summed E-state index contributed by atoms with van der Waals surface area (Å²) < 4.78 is 0.330. The summed E-state index contributed by atoms with van der Waals surface area (Å²) in [6, 6.07) is -0.821. The van der Waals surface area contributed by atoms with Gasteiger partial charge in [0.15, 0.2) is 6.04 Å². The lowest BCUT2D eigenvalue weighted by atomic mass is 10.1. The lowest BCUT2D eigenvalue weighted by Crippen LogP contribution is -2.53. The Morgan fingerprint density at radius 2 is 2.47 bits per heavy atom. The van der Waals surface area contributed by atoms with E-state index in [2.05, 4.69) is 0 Å². The molecule has 2 fully saturated rings. The van der Waals surface area contributed by atoms with Gasteiger partial charge in [-0.1, -0.05) is 30.1 Å². The molecule has 0 radical (unpaired) electrons. The molecule has 3 N–H and O–H groups in total. The SMILES string of the molecule is NC(=S)SCC=C1S[C@@H]2CC(=O)N2C1C(=O)O. The summed E-state index contributed by atoms with van der Waals surface area (Å²) in [4.78, 5) is 24.6. The first-order valence-corrected chi connectivity index (χ1v) is 7.11. The molecular weight excluding hydrogens is 280 g/mol. The first-order chi connectivity index (χ1) is 8.00. The van der Waals surface area contributed by atoms with Crippen molar-refractivity contribution in [2.75, 3.05) is 5.75 Å². The quantitative estimate of drug-likeness (QED) is 0.582. The zero-order valence-electron chi connectivity index (χ0n) is 8.66. The van der Waals surface area contributed by atoms with E-state index in [4.69, 9.17) is 23.1 Å². The van der Waals surface area contributed by atoms with Crippen molar-refractivity contribution in [3.63, 3.8) is 0 Å². The molecule has 8 heteroatoms. The van der Waals surface area contributed by atoms with E-state index in [1.54, 1.807) is 6.08 Å². The van der Waals surface area contributed by atoms with Gasteiger partial charge in [0, 0.05) is 10.7 Å². The van der Waals surface area contributed by atoms with Gasteiger partial charge in [0.05, 0.1) is 11.8 Å². The van der Waals surface area contributed by atoms with Crippen LogP contribution in [0.5, 0.6) is 0 Å². The highest BCUT2D eigenvalue weighted by Gasteiger charge is 2.52. The molecule has 2 aliphatic rings. The topological polar surface area (TPSA) is 83.6 Å². The highest BCUT2D eigenvalue weighted by Crippen LogP contribution is 2.46. The number of rotatable bonds is 3. The van der Waals surface area contributed by atoms with Crippen molar-refractivity contribution in [2.45, 2.75) is 17.8 Å². The smallest absolute Gasteiger partial charge is 0.331 e. The molecule has 5 nitrogen and oxygen atoms in total. The van der Waals surface area contributed by atoms with Gasteiger partial charge in [0.2, 0.25) is 5.91 Å². The molecule has 0 aromatic rings. The van der Waals surface area contributed by atoms with E-state index in [0.29, 0.717) is 21.4 Å². The van der Waals surface area contributed by atoms with Gasteiger partial charge >= 0.3 is 5.97 Å². The van der Waals surface area contributed by atoms with Gasteiger partial charge < -0.3 is 15.7 Å². The minimum atomic E-state index is -0.986. The molecule has 0 spiro atoms. The Morgan fingerprint density at radius 1 is 1.76 bits per heavy atom. The van der Waals surface area contributed by atoms with Gasteiger partial charge in [-0.25, -0.2) is 4.79 Å². The summed E-state index contributed by atoms with van der Waals surface area (Å²) in [5, 5.41) is 9.12. The molecule has 0 saturated carbocycles. The Balaban J connectivity index is 2.09. The Morgan fingerprint density at radius 3 is 3.00 bits per heavy atom. The largest absolute Gasteiger partial charge is 0.479 e. The van der Waals surface area contributed by atoms with E-state index in [9.17, 15) is 9.59 Å². The number of hydrogen-bond acceptors (Lipinski definition) is 5. The van der Waals surface area contributed by atoms with Crippen LogP contribution in [0.3, 0.4) is 0 Å². The van der Waals surface area contributed by atoms with Crippen LogP contribution in [0.15, 0.2) is 11.0 Å². The lowest BCUT2D eigenvalue weighted by Gasteiger charge is -2.35. The highest BCUT2D eigenvalue weighted by atomic mass is 32.2. The number of β-lactam (4-membered cyclic amide) rings is 1. The van der Waals surface area contributed by atoms with Gasteiger partial charge in [-0.2, -0.15) is 0 Å². The molecule has 1 unspecified atom stereocenters. The molecule has 2 saturated heterocycles. The fraction of sp³-hybridized carbons (Fsp3) is 0.444. The molecule has 17 heavy (non-hydrogen) atoms. The number of hydrogen-bond donors (Lipinski definition) is 2. The van der Waals surface area contributed by atoms with E-state index < -0.39 is 12.0 Å². The van der Waals surface area contributed by atoms with Crippen LogP contribution in [0, 0.1) is 0 Å². The maximum atomic E-state index is 11.3. The number of carbonyl (C=O) groups is 2. The Hall–Kier alpha value is -0.730. The monoisotopic (exact) mass is 290 g/mol. The predicted molar refractivity (Wildman–Crippen MR) is 71.6 cm³/mol. The number of fused-ring (bicyclic) bond motifs is 1. The number of aliphatic carboxylic acids is 1. The third-order valence-electron chi connectivity index (χ3n) is 2.51. The summed E-state index contributed by atoms with van der Waals surface area (Å²) in [6.45, 7) is 0. The minimum absolute atomic E-state index is 0.00956. The van der Waals surface area contributed by atoms with Gasteiger partial charge in [-0.05, 0) is 0 Å². The Kier molecular flexibility index (Phi) is 3.64. The second kappa shape index (κ2) is 4.87. The highest BCUT2D eigenvalue weighted by molar-refractivity contribution is 8.23. The van der Waals surface area contributed by atoms with Crippen LogP contribution in [0.1, 0.15) is 6.42 Å². The normalized spacial score (nSPS) is 29.1. The van der Waals surface area contributed by atoms with Gasteiger partial charge in [0.25, 0.3) is 0 Å². The maximum absolute atomic E-state index is 11.3. The molecule has 2 rings (SSSR count). The number of carboxylic acid groups (broad SMARTS) is 1. The summed E-state index contributed by atoms with van der Waals surface area (Å²) in [5.74, 6) is -0.546. The molecule has 0 bridgehead atoms. The van der Waals surface area contributed by atoms with Gasteiger partial charge in [-0.15, -0.1) is 11.8 Å². The third-order valence-corrected chi connectivity index (χ3v) is 4.81. The second-order valence-corrected chi connectivity index (χ2v) is 6.57. The molecule has 0 aromatic heterocycles. The van der Waals surface area contributed by atoms with Crippen LogP contribution in [0.25, 0.3) is 0 Å². The van der Waals surface area contributed by atoms with Gasteiger partial charge in [0.1, 0.15) is 4.32 Å². The Labute approximate surface area is 112 Å². The molecule has 1 amide bonds. The molecule has 0 aliphatic carbocycles. The second-order valence-electron chi connectivity index (χ2n) is 3.55. The lowest BCUT2D eigenvalue weighted by molar-refractivity contribution is -0.154. The zero-order chi connectivity index (χ0) is 12.6. The fourth-order valence-corrected chi connectivity index (χ4v) is 3.93. The van der Waals surface area contributed by atoms with E-state index in [1.165, 1.54) is 28.4 Å². The number of thiocarbonyl (C=S) groups is 1. The maximum Gasteiger partial charge on any atom is 0.331 e. The van der Waals surface area contributed by atoms with Crippen LogP contribution < -0.4 is 5.73 Å². The van der Waals surface area contributed by atoms with Crippen molar-refractivity contribution in [2.24, 2.45) is 5.73 Å². The van der Waals surface area contributed by atoms with E-state index in [-0.39, 0.29) is 11.3 Å². The van der Waals surface area contributed by atoms with Crippen LogP contribution >= 0.6 is 35.7 Å². The summed E-state index contributed by atoms with van der Waals surface area (Å²) in [6.07, 6.45) is 2.22. The van der Waals surface area contributed by atoms with Crippen molar-refractivity contribution >= 4 is 51.9 Å². The predicted octanol–water partition coefficient (Wildman–Crippen LogP) is 0.606. The number of nitrogens with two attached hydrogens (primary N) is 1. The number of nitrogens with zero attached hydrogens (tertiary/aromatic N) is 1. The minimum Gasteiger partial charge on any atom is -0.479 e. The van der Waals surface area contributed by atoms with Crippen LogP contribution in [-0.4, -0.2) is 43.4 Å². The number of amides is 1. The number of carboxylic acids is 1. The van der Waals surface area contributed by atoms with E-state index in [0.717, 1.165) is 0 Å². The molecule has 0 aromatic carbocycles. The fourth-order valence-electron chi connectivity index (χ4n) is 1.77. The molecule has 2 heterocycles. The molecule has 2 atom stereocenters. The van der Waals surface area contributed by atoms with Crippen LogP contribution in [-0.2, 0) is 9.59 Å². The van der Waals surface area contributed by atoms with Gasteiger partial charge in [-0.3, -0.25) is 4.79 Å². The first-order valence-electron chi connectivity index (χ1n) is 4.83. The first kappa shape index (κ1) is 12.7. The zero-order valence-corrected chi connectivity index (χ0v) is 11.1.